The Morgan fingerprint density at radius 1 is 1.58 bits per heavy atom. The quantitative estimate of drug-likeness (QED) is 0.783. The smallest absolute Gasteiger partial charge is 0.423 e. The van der Waals surface area contributed by atoms with Crippen molar-refractivity contribution in [1.82, 2.24) is 10.2 Å². The van der Waals surface area contributed by atoms with E-state index in [-0.39, 0.29) is 11.7 Å². The lowest BCUT2D eigenvalue weighted by Gasteiger charge is -2.39. The van der Waals surface area contributed by atoms with Crippen molar-refractivity contribution in [3.05, 3.63) is 11.9 Å². The number of halogens is 3. The number of carbonyl (C=O) groups excluding carboxylic acids is 1. The molecule has 0 aromatic carbocycles. The summed E-state index contributed by atoms with van der Waals surface area (Å²) in [6.45, 7) is 2.76. The van der Waals surface area contributed by atoms with E-state index >= 15 is 0 Å². The Balaban J connectivity index is 1.99. The van der Waals surface area contributed by atoms with Gasteiger partial charge in [-0.25, -0.2) is 4.79 Å². The summed E-state index contributed by atoms with van der Waals surface area (Å²) >= 11 is 0. The fraction of sp³-hybridized carbons (Fsp3) is 0.700. The van der Waals surface area contributed by atoms with Gasteiger partial charge in [-0.2, -0.15) is 18.3 Å². The molecular weight excluding hydrogens is 265 g/mol. The minimum absolute atomic E-state index is 0.0867. The number of alkyl halides is 3. The van der Waals surface area contributed by atoms with Gasteiger partial charge in [0.1, 0.15) is 5.70 Å². The van der Waals surface area contributed by atoms with Crippen molar-refractivity contribution in [2.24, 2.45) is 10.2 Å². The first-order chi connectivity index (χ1) is 8.71. The Hall–Kier alpha value is -1.64. The number of azo groups is 1. The Morgan fingerprint density at radius 2 is 2.21 bits per heavy atom. The van der Waals surface area contributed by atoms with Crippen molar-refractivity contribution in [2.45, 2.75) is 24.9 Å². The highest BCUT2D eigenvalue weighted by atomic mass is 19.4. The third-order valence-electron chi connectivity index (χ3n) is 2.88. The van der Waals surface area contributed by atoms with E-state index in [4.69, 9.17) is 0 Å². The molecule has 0 aliphatic carbocycles. The number of nitrogens with zero attached hydrogens (tertiary/aromatic N) is 3. The van der Waals surface area contributed by atoms with Gasteiger partial charge < -0.3 is 15.0 Å². The van der Waals surface area contributed by atoms with E-state index in [1.165, 1.54) is 13.1 Å². The number of esters is 1. The first kappa shape index (κ1) is 13.8. The second kappa shape index (κ2) is 4.48. The van der Waals surface area contributed by atoms with Crippen molar-refractivity contribution in [3.63, 3.8) is 0 Å². The molecule has 0 radical (unpaired) electrons. The number of ether oxygens (including phenoxy) is 1. The lowest BCUT2D eigenvalue weighted by atomic mass is 10.1. The van der Waals surface area contributed by atoms with Gasteiger partial charge in [-0.15, -0.1) is 5.11 Å². The summed E-state index contributed by atoms with van der Waals surface area (Å²) in [6, 6.07) is 0.0867. The molecule has 1 N–H and O–H groups in total. The van der Waals surface area contributed by atoms with E-state index in [2.05, 4.69) is 20.3 Å². The fourth-order valence-corrected chi connectivity index (χ4v) is 1.87. The number of hydrogen-bond donors (Lipinski definition) is 1. The zero-order chi connectivity index (χ0) is 14.3. The van der Waals surface area contributed by atoms with Gasteiger partial charge in [0.05, 0.1) is 12.2 Å². The van der Waals surface area contributed by atoms with E-state index in [0.29, 0.717) is 0 Å². The van der Waals surface area contributed by atoms with Crippen molar-refractivity contribution < 1.29 is 22.7 Å². The molecule has 2 rings (SSSR count). The minimum Gasteiger partial charge on any atom is -0.423 e. The van der Waals surface area contributed by atoms with E-state index in [1.54, 1.807) is 0 Å². The maximum Gasteiger partial charge on any atom is 0.491 e. The van der Waals surface area contributed by atoms with Crippen LogP contribution in [0.15, 0.2) is 22.1 Å². The first-order valence-corrected chi connectivity index (χ1v) is 5.58. The molecule has 0 aromatic rings. The normalized spacial score (nSPS) is 27.9. The maximum atomic E-state index is 12.2. The second-order valence-corrected chi connectivity index (χ2v) is 4.69. The molecule has 1 atom stereocenters. The van der Waals surface area contributed by atoms with Gasteiger partial charge in [0.15, 0.2) is 0 Å². The summed E-state index contributed by atoms with van der Waals surface area (Å²) in [5.41, 5.74) is -1.48. The summed E-state index contributed by atoms with van der Waals surface area (Å²) in [6.07, 6.45) is -3.79. The van der Waals surface area contributed by atoms with E-state index < -0.39 is 17.9 Å². The largest absolute Gasteiger partial charge is 0.491 e. The molecule has 106 valence electrons. The van der Waals surface area contributed by atoms with Crippen molar-refractivity contribution in [2.75, 3.05) is 20.1 Å². The highest BCUT2D eigenvalue weighted by Crippen LogP contribution is 2.31. The average Bonchev–Trinajstić information content (AvgIpc) is 2.56. The predicted molar refractivity (Wildman–Crippen MR) is 57.9 cm³/mol. The third-order valence-corrected chi connectivity index (χ3v) is 2.88. The average molecular weight is 278 g/mol. The molecule has 0 aromatic heterocycles. The van der Waals surface area contributed by atoms with Crippen LogP contribution in [0.25, 0.3) is 0 Å². The zero-order valence-electron chi connectivity index (χ0n) is 10.4. The number of nitrogens with one attached hydrogen (secondary N) is 1. The van der Waals surface area contributed by atoms with Crippen LogP contribution in [-0.2, 0) is 9.53 Å². The molecule has 0 amide bonds. The molecule has 6 nitrogen and oxygen atoms in total. The lowest BCUT2D eigenvalue weighted by Crippen LogP contribution is -2.57. The predicted octanol–water partition coefficient (Wildman–Crippen LogP) is 1.02. The number of carbonyl (C=O) groups is 1. The van der Waals surface area contributed by atoms with Crippen LogP contribution in [0, 0.1) is 0 Å². The van der Waals surface area contributed by atoms with Crippen LogP contribution in [0.3, 0.4) is 0 Å². The number of likely N-dealkylation sites (N-methyl/N-ethyl adjacent to an activating group) is 1. The molecular formula is C10H13F3N4O2. The SMILES string of the molecule is CN1CC(NC2=CN=NC2(C)OC(=O)C(F)(F)F)C1. The molecule has 1 fully saturated rings. The summed E-state index contributed by atoms with van der Waals surface area (Å²) < 4.78 is 41.0. The van der Waals surface area contributed by atoms with Gasteiger partial charge in [0.2, 0.25) is 0 Å². The van der Waals surface area contributed by atoms with Crippen LogP contribution >= 0.6 is 0 Å². The van der Waals surface area contributed by atoms with Crippen LogP contribution in [0.2, 0.25) is 0 Å². The molecule has 0 bridgehead atoms. The van der Waals surface area contributed by atoms with Crippen LogP contribution in [-0.4, -0.2) is 48.9 Å². The molecule has 19 heavy (non-hydrogen) atoms. The molecule has 0 spiro atoms. The summed E-state index contributed by atoms with van der Waals surface area (Å²) in [4.78, 5) is 12.9. The molecule has 9 heteroatoms. The van der Waals surface area contributed by atoms with Gasteiger partial charge in [-0.05, 0) is 7.05 Å². The number of likely N-dealkylation sites (tertiary alicyclic amines) is 1. The van der Waals surface area contributed by atoms with Crippen molar-refractivity contribution in [3.8, 4) is 0 Å². The van der Waals surface area contributed by atoms with Crippen LogP contribution < -0.4 is 5.32 Å². The molecule has 1 saturated heterocycles. The Morgan fingerprint density at radius 3 is 2.74 bits per heavy atom. The Labute approximate surface area is 107 Å². The zero-order valence-corrected chi connectivity index (χ0v) is 10.4. The molecule has 2 heterocycles. The van der Waals surface area contributed by atoms with Crippen molar-refractivity contribution in [1.29, 1.82) is 0 Å². The van der Waals surface area contributed by atoms with Gasteiger partial charge in [0.25, 0.3) is 5.72 Å². The fourth-order valence-electron chi connectivity index (χ4n) is 1.87. The number of rotatable bonds is 3. The Bertz CT molecular complexity index is 443. The lowest BCUT2D eigenvalue weighted by molar-refractivity contribution is -0.209. The molecule has 1 unspecified atom stereocenters. The van der Waals surface area contributed by atoms with Gasteiger partial charge in [-0.3, -0.25) is 0 Å². The summed E-state index contributed by atoms with van der Waals surface area (Å²) in [5, 5.41) is 10.1. The molecule has 2 aliphatic heterocycles. The van der Waals surface area contributed by atoms with Gasteiger partial charge in [0, 0.05) is 20.0 Å². The topological polar surface area (TPSA) is 66.3 Å². The van der Waals surface area contributed by atoms with E-state index in [0.717, 1.165) is 13.1 Å². The van der Waals surface area contributed by atoms with Crippen LogP contribution in [0.1, 0.15) is 6.92 Å². The monoisotopic (exact) mass is 278 g/mol. The van der Waals surface area contributed by atoms with Gasteiger partial charge >= 0.3 is 12.1 Å². The number of hydrogen-bond acceptors (Lipinski definition) is 6. The first-order valence-electron chi connectivity index (χ1n) is 5.58. The summed E-state index contributed by atoms with van der Waals surface area (Å²) in [5.74, 6) is -2.28. The van der Waals surface area contributed by atoms with Gasteiger partial charge in [-0.1, -0.05) is 0 Å². The molecule has 2 aliphatic rings. The van der Waals surface area contributed by atoms with Crippen molar-refractivity contribution >= 4 is 5.97 Å². The van der Waals surface area contributed by atoms with E-state index in [9.17, 15) is 18.0 Å². The Kier molecular flexibility index (Phi) is 3.25. The summed E-state index contributed by atoms with van der Waals surface area (Å²) in [7, 11) is 1.92. The highest BCUT2D eigenvalue weighted by Gasteiger charge is 2.48. The third kappa shape index (κ3) is 2.86. The molecule has 0 saturated carbocycles. The highest BCUT2D eigenvalue weighted by molar-refractivity contribution is 5.76. The maximum absolute atomic E-state index is 12.2. The standard InChI is InChI=1S/C10H13F3N4O2/c1-9(19-8(18)10(11,12)13)7(3-14-16-9)15-6-4-17(2)5-6/h3,6,15H,4-5H2,1-2H3. The van der Waals surface area contributed by atoms with E-state index in [1.807, 2.05) is 11.9 Å². The second-order valence-electron chi connectivity index (χ2n) is 4.69. The van der Waals surface area contributed by atoms with Crippen LogP contribution in [0.5, 0.6) is 0 Å². The minimum atomic E-state index is -5.05. The van der Waals surface area contributed by atoms with Crippen LogP contribution in [0.4, 0.5) is 13.2 Å².